The molecule has 1 aromatic rings. The summed E-state index contributed by atoms with van der Waals surface area (Å²) in [7, 11) is 0. The van der Waals surface area contributed by atoms with Gasteiger partial charge in [0.25, 0.3) is 0 Å². The molecule has 106 valence electrons. The fourth-order valence-corrected chi connectivity index (χ4v) is 3.17. The van der Waals surface area contributed by atoms with Crippen molar-refractivity contribution in [2.45, 2.75) is 58.0 Å². The molecule has 0 bridgehead atoms. The van der Waals surface area contributed by atoms with Gasteiger partial charge < -0.3 is 5.32 Å². The van der Waals surface area contributed by atoms with E-state index < -0.39 is 0 Å². The minimum atomic E-state index is -0.374. The summed E-state index contributed by atoms with van der Waals surface area (Å²) in [6.45, 7) is 4.12. The molecule has 1 fully saturated rings. The summed E-state index contributed by atoms with van der Waals surface area (Å²) in [6, 6.07) is 3.96. The summed E-state index contributed by atoms with van der Waals surface area (Å²) in [4.78, 5) is 0. The molecular formula is C16H23F2N. The van der Waals surface area contributed by atoms with E-state index in [1.54, 1.807) is 0 Å². The van der Waals surface area contributed by atoms with Gasteiger partial charge in [0.2, 0.25) is 0 Å². The molecule has 1 N–H and O–H groups in total. The molecule has 1 aliphatic rings. The van der Waals surface area contributed by atoms with Crippen molar-refractivity contribution in [1.29, 1.82) is 0 Å². The Bertz CT molecular complexity index is 419. The van der Waals surface area contributed by atoms with E-state index in [1.807, 2.05) is 6.92 Å². The van der Waals surface area contributed by atoms with Gasteiger partial charge >= 0.3 is 0 Å². The molecule has 3 unspecified atom stereocenters. The molecule has 0 radical (unpaired) electrons. The topological polar surface area (TPSA) is 12.0 Å². The van der Waals surface area contributed by atoms with Crippen molar-refractivity contribution >= 4 is 0 Å². The molecule has 0 amide bonds. The molecule has 1 nitrogen and oxygen atoms in total. The van der Waals surface area contributed by atoms with Gasteiger partial charge in [-0.3, -0.25) is 0 Å². The van der Waals surface area contributed by atoms with Gasteiger partial charge in [0, 0.05) is 17.6 Å². The van der Waals surface area contributed by atoms with Crippen molar-refractivity contribution in [3.8, 4) is 0 Å². The maximum Gasteiger partial charge on any atom is 0.128 e. The predicted octanol–water partition coefficient (Wildman–Crippen LogP) is 4.58. The Morgan fingerprint density at radius 3 is 2.74 bits per heavy atom. The van der Waals surface area contributed by atoms with E-state index in [1.165, 1.54) is 37.5 Å². The van der Waals surface area contributed by atoms with Gasteiger partial charge in [-0.2, -0.15) is 0 Å². The second-order valence-corrected chi connectivity index (χ2v) is 5.61. The third-order valence-corrected chi connectivity index (χ3v) is 4.32. The van der Waals surface area contributed by atoms with E-state index in [0.717, 1.165) is 12.8 Å². The second-order valence-electron chi connectivity index (χ2n) is 5.61. The van der Waals surface area contributed by atoms with Crippen molar-refractivity contribution in [3.63, 3.8) is 0 Å². The van der Waals surface area contributed by atoms with E-state index in [2.05, 4.69) is 12.2 Å². The SMILES string of the molecule is CCC1CCCCC1NC(C)c1cc(F)ccc1F. The van der Waals surface area contributed by atoms with Crippen LogP contribution in [0.1, 0.15) is 57.6 Å². The molecule has 3 heteroatoms. The number of hydrogen-bond acceptors (Lipinski definition) is 1. The third-order valence-electron chi connectivity index (χ3n) is 4.32. The molecule has 1 saturated carbocycles. The fraction of sp³-hybridized carbons (Fsp3) is 0.625. The molecular weight excluding hydrogens is 244 g/mol. The first-order chi connectivity index (χ1) is 9.11. The van der Waals surface area contributed by atoms with Crippen LogP contribution < -0.4 is 5.32 Å². The Labute approximate surface area is 114 Å². The Balaban J connectivity index is 2.07. The molecule has 1 aliphatic carbocycles. The van der Waals surface area contributed by atoms with Gasteiger partial charge in [-0.1, -0.05) is 26.2 Å². The highest BCUT2D eigenvalue weighted by atomic mass is 19.1. The van der Waals surface area contributed by atoms with Crippen molar-refractivity contribution in [2.75, 3.05) is 0 Å². The van der Waals surface area contributed by atoms with Crippen molar-refractivity contribution in [1.82, 2.24) is 5.32 Å². The number of hydrogen-bond donors (Lipinski definition) is 1. The van der Waals surface area contributed by atoms with Crippen LogP contribution in [0.4, 0.5) is 8.78 Å². The molecule has 0 aromatic heterocycles. The van der Waals surface area contributed by atoms with Crippen molar-refractivity contribution in [2.24, 2.45) is 5.92 Å². The van der Waals surface area contributed by atoms with Gasteiger partial charge in [-0.15, -0.1) is 0 Å². The Morgan fingerprint density at radius 1 is 1.26 bits per heavy atom. The Hall–Kier alpha value is -0.960. The van der Waals surface area contributed by atoms with Crippen LogP contribution in [0.3, 0.4) is 0 Å². The highest BCUT2D eigenvalue weighted by molar-refractivity contribution is 5.22. The zero-order valence-corrected chi connectivity index (χ0v) is 11.8. The monoisotopic (exact) mass is 267 g/mol. The highest BCUT2D eigenvalue weighted by Gasteiger charge is 2.25. The first-order valence-corrected chi connectivity index (χ1v) is 7.32. The summed E-state index contributed by atoms with van der Waals surface area (Å²) in [6.07, 6.45) is 6.05. The van der Waals surface area contributed by atoms with Crippen molar-refractivity contribution < 1.29 is 8.78 Å². The second kappa shape index (κ2) is 6.47. The Kier molecular flexibility index (Phi) is 4.92. The van der Waals surface area contributed by atoms with Crippen molar-refractivity contribution in [3.05, 3.63) is 35.4 Å². The van der Waals surface area contributed by atoms with E-state index in [-0.39, 0.29) is 17.7 Å². The van der Waals surface area contributed by atoms with Gasteiger partial charge in [0.1, 0.15) is 11.6 Å². The lowest BCUT2D eigenvalue weighted by molar-refractivity contribution is 0.239. The average molecular weight is 267 g/mol. The van der Waals surface area contributed by atoms with Crippen LogP contribution in [0.15, 0.2) is 18.2 Å². The van der Waals surface area contributed by atoms with E-state index in [4.69, 9.17) is 0 Å². The standard InChI is InChI=1S/C16H23F2N/c1-3-12-6-4-5-7-16(12)19-11(2)14-10-13(17)8-9-15(14)18/h8-12,16,19H,3-7H2,1-2H3. The smallest absolute Gasteiger partial charge is 0.128 e. The highest BCUT2D eigenvalue weighted by Crippen LogP contribution is 2.29. The number of benzene rings is 1. The van der Waals surface area contributed by atoms with E-state index in [9.17, 15) is 8.78 Å². The van der Waals surface area contributed by atoms with E-state index in [0.29, 0.717) is 17.5 Å². The molecule has 2 rings (SSSR count). The first-order valence-electron chi connectivity index (χ1n) is 7.32. The molecule has 1 aromatic carbocycles. The summed E-state index contributed by atoms with van der Waals surface area (Å²) in [5.74, 6) is -0.0428. The maximum atomic E-state index is 13.7. The normalized spacial score (nSPS) is 25.3. The summed E-state index contributed by atoms with van der Waals surface area (Å²) < 4.78 is 27.0. The van der Waals surface area contributed by atoms with Gasteiger partial charge in [0.05, 0.1) is 0 Å². The van der Waals surface area contributed by atoms with Gasteiger partial charge in [-0.05, 0) is 43.9 Å². The van der Waals surface area contributed by atoms with E-state index >= 15 is 0 Å². The first kappa shape index (κ1) is 14.4. The largest absolute Gasteiger partial charge is 0.307 e. The minimum Gasteiger partial charge on any atom is -0.307 e. The minimum absolute atomic E-state index is 0.146. The number of halogens is 2. The van der Waals surface area contributed by atoms with Crippen LogP contribution in [-0.4, -0.2) is 6.04 Å². The van der Waals surface area contributed by atoms with Crippen LogP contribution in [0.2, 0.25) is 0 Å². The Morgan fingerprint density at radius 2 is 2.00 bits per heavy atom. The average Bonchev–Trinajstić information content (AvgIpc) is 2.42. The molecule has 0 saturated heterocycles. The van der Waals surface area contributed by atoms with Crippen LogP contribution >= 0.6 is 0 Å². The molecule has 0 heterocycles. The van der Waals surface area contributed by atoms with Gasteiger partial charge in [-0.25, -0.2) is 8.78 Å². The molecule has 0 aliphatic heterocycles. The molecule has 3 atom stereocenters. The zero-order chi connectivity index (χ0) is 13.8. The lowest BCUT2D eigenvalue weighted by Crippen LogP contribution is -2.39. The van der Waals surface area contributed by atoms with Gasteiger partial charge in [0.15, 0.2) is 0 Å². The maximum absolute atomic E-state index is 13.7. The number of rotatable bonds is 4. The quantitative estimate of drug-likeness (QED) is 0.841. The molecule has 0 spiro atoms. The van der Waals surface area contributed by atoms with Crippen LogP contribution in [0.5, 0.6) is 0 Å². The lowest BCUT2D eigenvalue weighted by Gasteiger charge is -2.34. The molecule has 19 heavy (non-hydrogen) atoms. The fourth-order valence-electron chi connectivity index (χ4n) is 3.17. The third kappa shape index (κ3) is 3.53. The summed E-state index contributed by atoms with van der Waals surface area (Å²) in [5, 5.41) is 3.50. The summed E-state index contributed by atoms with van der Waals surface area (Å²) in [5.41, 5.74) is 0.431. The van der Waals surface area contributed by atoms with Crippen LogP contribution in [-0.2, 0) is 0 Å². The van der Waals surface area contributed by atoms with Crippen LogP contribution in [0, 0.1) is 17.6 Å². The van der Waals surface area contributed by atoms with Crippen LogP contribution in [0.25, 0.3) is 0 Å². The predicted molar refractivity (Wildman–Crippen MR) is 73.9 cm³/mol. The lowest BCUT2D eigenvalue weighted by atomic mass is 9.82. The number of nitrogens with one attached hydrogen (secondary N) is 1. The summed E-state index contributed by atoms with van der Waals surface area (Å²) >= 11 is 0. The zero-order valence-electron chi connectivity index (χ0n) is 11.8.